The van der Waals surface area contributed by atoms with Crippen LogP contribution in [-0.2, 0) is 11.3 Å². The molecule has 0 spiro atoms. The summed E-state index contributed by atoms with van der Waals surface area (Å²) >= 11 is 0. The number of nitrogens with one attached hydrogen (secondary N) is 2. The van der Waals surface area contributed by atoms with Crippen molar-refractivity contribution >= 4 is 17.6 Å². The first-order chi connectivity index (χ1) is 16.5. The molecule has 1 aromatic heterocycles. The quantitative estimate of drug-likeness (QED) is 0.162. The van der Waals surface area contributed by atoms with E-state index >= 15 is 0 Å². The Morgan fingerprint density at radius 3 is 2.21 bits per heavy atom. The minimum absolute atomic E-state index is 0.200. The summed E-state index contributed by atoms with van der Waals surface area (Å²) in [5.74, 6) is -1.26. The molecule has 2 aromatic carbocycles. The maximum Gasteiger partial charge on any atom is 0.267 e. The van der Waals surface area contributed by atoms with Gasteiger partial charge in [0.15, 0.2) is 0 Å². The molecule has 34 heavy (non-hydrogen) atoms. The summed E-state index contributed by atoms with van der Waals surface area (Å²) < 4.78 is 15.0. The predicted molar refractivity (Wildman–Crippen MR) is 125 cm³/mol. The lowest BCUT2D eigenvalue weighted by Gasteiger charge is -2.14. The van der Waals surface area contributed by atoms with Crippen molar-refractivity contribution in [2.45, 2.75) is 38.6 Å². The van der Waals surface area contributed by atoms with E-state index in [0.717, 1.165) is 24.8 Å². The van der Waals surface area contributed by atoms with Crippen LogP contribution >= 0.6 is 0 Å². The van der Waals surface area contributed by atoms with Crippen LogP contribution in [0.25, 0.3) is 0 Å². The number of halogens is 1. The van der Waals surface area contributed by atoms with Crippen molar-refractivity contribution in [1.29, 1.82) is 0 Å². The Kier molecular flexibility index (Phi) is 9.11. The van der Waals surface area contributed by atoms with Crippen molar-refractivity contribution in [3.05, 3.63) is 95.1 Å². The van der Waals surface area contributed by atoms with Gasteiger partial charge in [-0.25, -0.2) is 9.87 Å². The second kappa shape index (κ2) is 12.5. The molecule has 0 aliphatic rings. The molecule has 178 valence electrons. The average Bonchev–Trinajstić information content (AvgIpc) is 3.28. The molecule has 0 unspecified atom stereocenters. The summed E-state index contributed by atoms with van der Waals surface area (Å²) in [7, 11) is 0. The summed E-state index contributed by atoms with van der Waals surface area (Å²) in [4.78, 5) is 37.0. The number of benzene rings is 2. The van der Waals surface area contributed by atoms with E-state index in [2.05, 4.69) is 5.32 Å². The third kappa shape index (κ3) is 6.86. The Labute approximate surface area is 197 Å². The fraction of sp³-hybridized carbons (Fsp3) is 0.269. The maximum absolute atomic E-state index is 13.4. The van der Waals surface area contributed by atoms with Crippen LogP contribution in [0.15, 0.2) is 66.7 Å². The molecule has 0 radical (unpaired) electrons. The number of rotatable bonds is 12. The molecule has 0 saturated carbocycles. The van der Waals surface area contributed by atoms with Gasteiger partial charge in [-0.3, -0.25) is 19.6 Å². The minimum atomic E-state index is -0.406. The minimum Gasteiger partial charge on any atom is -0.351 e. The smallest absolute Gasteiger partial charge is 0.267 e. The zero-order valence-corrected chi connectivity index (χ0v) is 18.8. The van der Waals surface area contributed by atoms with Crippen LogP contribution in [-0.4, -0.2) is 33.9 Å². The topological polar surface area (TPSA) is 100 Å². The second-order valence-electron chi connectivity index (χ2n) is 7.97. The monoisotopic (exact) mass is 465 g/mol. The van der Waals surface area contributed by atoms with Gasteiger partial charge in [0.1, 0.15) is 11.5 Å². The number of hydrogen-bond donors (Lipinski definition) is 3. The van der Waals surface area contributed by atoms with E-state index in [1.807, 2.05) is 6.07 Å². The molecule has 0 saturated heterocycles. The summed E-state index contributed by atoms with van der Waals surface area (Å²) in [6.45, 7) is 0.700. The number of unbranched alkanes of at least 4 members (excludes halogenated alkanes) is 3. The molecule has 7 nitrogen and oxygen atoms in total. The fourth-order valence-electron chi connectivity index (χ4n) is 3.66. The number of carbonyl (C=O) groups excluding carboxylic acids is 3. The highest BCUT2D eigenvalue weighted by Crippen LogP contribution is 2.18. The van der Waals surface area contributed by atoms with E-state index in [9.17, 15) is 18.8 Å². The number of ketones is 1. The van der Waals surface area contributed by atoms with Crippen LogP contribution in [0.5, 0.6) is 0 Å². The van der Waals surface area contributed by atoms with Crippen LogP contribution in [0.3, 0.4) is 0 Å². The van der Waals surface area contributed by atoms with Gasteiger partial charge >= 0.3 is 0 Å². The lowest BCUT2D eigenvalue weighted by Crippen LogP contribution is -2.28. The van der Waals surface area contributed by atoms with E-state index < -0.39 is 5.91 Å². The van der Waals surface area contributed by atoms with Crippen molar-refractivity contribution in [2.24, 2.45) is 0 Å². The van der Waals surface area contributed by atoms with Crippen LogP contribution < -0.4 is 10.8 Å². The highest BCUT2D eigenvalue weighted by Gasteiger charge is 2.20. The molecule has 0 aliphatic heterocycles. The molecular weight excluding hydrogens is 437 g/mol. The predicted octanol–water partition coefficient (Wildman–Crippen LogP) is 4.09. The Morgan fingerprint density at radius 2 is 1.50 bits per heavy atom. The highest BCUT2D eigenvalue weighted by atomic mass is 19.1. The summed E-state index contributed by atoms with van der Waals surface area (Å²) in [6, 6.07) is 18.1. The molecule has 0 fully saturated rings. The number of aromatic nitrogens is 1. The summed E-state index contributed by atoms with van der Waals surface area (Å²) in [5.41, 5.74) is 3.61. The molecule has 0 aliphatic carbocycles. The van der Waals surface area contributed by atoms with E-state index in [4.69, 9.17) is 5.21 Å². The summed E-state index contributed by atoms with van der Waals surface area (Å²) in [5, 5.41) is 11.4. The van der Waals surface area contributed by atoms with E-state index in [0.29, 0.717) is 29.9 Å². The average molecular weight is 466 g/mol. The first kappa shape index (κ1) is 24.9. The van der Waals surface area contributed by atoms with E-state index in [-0.39, 0.29) is 30.5 Å². The Bertz CT molecular complexity index is 1110. The third-order valence-electron chi connectivity index (χ3n) is 5.48. The van der Waals surface area contributed by atoms with Gasteiger partial charge in [0.2, 0.25) is 11.7 Å². The van der Waals surface area contributed by atoms with Gasteiger partial charge in [-0.1, -0.05) is 55.3 Å². The van der Waals surface area contributed by atoms with Gasteiger partial charge in [-0.15, -0.1) is 0 Å². The van der Waals surface area contributed by atoms with Crippen LogP contribution in [0, 0.1) is 5.82 Å². The molecule has 1 heterocycles. The summed E-state index contributed by atoms with van der Waals surface area (Å²) in [6.07, 6.45) is 3.29. The molecule has 3 aromatic rings. The first-order valence-corrected chi connectivity index (χ1v) is 11.2. The number of nitrogens with zero attached hydrogens (tertiary/aromatic N) is 1. The molecule has 2 amide bonds. The SMILES string of the molecule is O=C(CCCCCCNC(=O)c1ccc(C(=O)c2ccccc2)n1Cc1ccc(F)cc1)NO. The van der Waals surface area contributed by atoms with E-state index in [1.54, 1.807) is 58.6 Å². The van der Waals surface area contributed by atoms with Crippen LogP contribution in [0.1, 0.15) is 64.2 Å². The second-order valence-corrected chi connectivity index (χ2v) is 7.97. The van der Waals surface area contributed by atoms with Crippen molar-refractivity contribution in [3.63, 3.8) is 0 Å². The van der Waals surface area contributed by atoms with Crippen LogP contribution in [0.2, 0.25) is 0 Å². The molecule has 3 N–H and O–H groups in total. The maximum atomic E-state index is 13.4. The van der Waals surface area contributed by atoms with Gasteiger partial charge < -0.3 is 9.88 Å². The molecule has 0 bridgehead atoms. The number of amides is 2. The van der Waals surface area contributed by atoms with Crippen molar-refractivity contribution in [3.8, 4) is 0 Å². The molecular formula is C26H28FN3O4. The Balaban J connectivity index is 1.68. The number of hydrogen-bond acceptors (Lipinski definition) is 4. The Hall–Kier alpha value is -3.78. The lowest BCUT2D eigenvalue weighted by atomic mass is 10.1. The van der Waals surface area contributed by atoms with Gasteiger partial charge in [0, 0.05) is 25.1 Å². The lowest BCUT2D eigenvalue weighted by molar-refractivity contribution is -0.129. The van der Waals surface area contributed by atoms with E-state index in [1.165, 1.54) is 12.1 Å². The zero-order valence-electron chi connectivity index (χ0n) is 18.8. The van der Waals surface area contributed by atoms with Crippen molar-refractivity contribution < 1.29 is 24.0 Å². The normalized spacial score (nSPS) is 10.6. The Morgan fingerprint density at radius 1 is 0.824 bits per heavy atom. The molecule has 3 rings (SSSR count). The molecule has 8 heteroatoms. The first-order valence-electron chi connectivity index (χ1n) is 11.2. The van der Waals surface area contributed by atoms with Gasteiger partial charge in [-0.2, -0.15) is 0 Å². The number of hydroxylamine groups is 1. The van der Waals surface area contributed by atoms with Crippen molar-refractivity contribution in [2.75, 3.05) is 6.54 Å². The zero-order chi connectivity index (χ0) is 24.3. The highest BCUT2D eigenvalue weighted by molar-refractivity contribution is 6.09. The standard InChI is InChI=1S/C26H28FN3O4/c27-21-13-11-19(12-14-21)18-30-22(25(32)20-8-4-3-5-9-20)15-16-23(30)26(33)28-17-7-2-1-6-10-24(31)29-34/h3-5,8-9,11-16,34H,1-2,6-7,10,17-18H2,(H,28,33)(H,29,31). The largest absolute Gasteiger partial charge is 0.351 e. The number of carbonyl (C=O) groups is 3. The van der Waals surface area contributed by atoms with Gasteiger partial charge in [-0.05, 0) is 42.7 Å². The van der Waals surface area contributed by atoms with Crippen molar-refractivity contribution in [1.82, 2.24) is 15.4 Å². The van der Waals surface area contributed by atoms with Gasteiger partial charge in [0.25, 0.3) is 5.91 Å². The molecule has 0 atom stereocenters. The van der Waals surface area contributed by atoms with Crippen LogP contribution in [0.4, 0.5) is 4.39 Å². The fourth-order valence-corrected chi connectivity index (χ4v) is 3.66. The third-order valence-corrected chi connectivity index (χ3v) is 5.48. The van der Waals surface area contributed by atoms with Gasteiger partial charge in [0.05, 0.1) is 5.69 Å².